The van der Waals surface area contributed by atoms with Gasteiger partial charge in [-0.3, -0.25) is 21.1 Å². The quantitative estimate of drug-likeness (QED) is 0.474. The van der Waals surface area contributed by atoms with Gasteiger partial charge in [0.2, 0.25) is 0 Å². The van der Waals surface area contributed by atoms with Crippen LogP contribution in [-0.4, -0.2) is 42.3 Å². The summed E-state index contributed by atoms with van der Waals surface area (Å²) < 4.78 is 0. The van der Waals surface area contributed by atoms with E-state index >= 15 is 0 Å². The molecule has 2 atom stereocenters. The fourth-order valence-corrected chi connectivity index (χ4v) is 1.97. The predicted molar refractivity (Wildman–Crippen MR) is 53.2 cm³/mol. The molecule has 2 aliphatic heterocycles. The standard InChI is InChI=1S/C9H20N4/c1-9(2,3)13-5-8-7(10-6-13)4-11-12-8/h7-8,10-12H,4-6H2,1-3H3. The first-order chi connectivity index (χ1) is 6.07. The Bertz CT molecular complexity index is 187. The van der Waals surface area contributed by atoms with Gasteiger partial charge in [-0.05, 0) is 20.8 Å². The number of rotatable bonds is 0. The zero-order valence-corrected chi connectivity index (χ0v) is 8.72. The zero-order valence-electron chi connectivity index (χ0n) is 8.72. The Morgan fingerprint density at radius 3 is 2.69 bits per heavy atom. The topological polar surface area (TPSA) is 39.3 Å². The third-order valence-corrected chi connectivity index (χ3v) is 3.01. The number of hydrogen-bond acceptors (Lipinski definition) is 4. The Morgan fingerprint density at radius 1 is 1.23 bits per heavy atom. The lowest BCUT2D eigenvalue weighted by atomic mass is 10.0. The Labute approximate surface area is 80.0 Å². The first-order valence-corrected chi connectivity index (χ1v) is 5.04. The highest BCUT2D eigenvalue weighted by Gasteiger charge is 2.35. The molecule has 13 heavy (non-hydrogen) atoms. The van der Waals surface area contributed by atoms with Crippen molar-refractivity contribution in [3.8, 4) is 0 Å². The first kappa shape index (κ1) is 9.40. The fourth-order valence-electron chi connectivity index (χ4n) is 1.97. The van der Waals surface area contributed by atoms with Crippen LogP contribution in [0.4, 0.5) is 0 Å². The smallest absolute Gasteiger partial charge is 0.0507 e. The van der Waals surface area contributed by atoms with Crippen LogP contribution >= 0.6 is 0 Å². The highest BCUT2D eigenvalue weighted by molar-refractivity contribution is 4.95. The number of hydrazine groups is 1. The van der Waals surface area contributed by atoms with Crippen molar-refractivity contribution in [3.05, 3.63) is 0 Å². The molecule has 4 heteroatoms. The highest BCUT2D eigenvalue weighted by atomic mass is 15.5. The van der Waals surface area contributed by atoms with Crippen molar-refractivity contribution in [2.45, 2.75) is 38.4 Å². The summed E-state index contributed by atoms with van der Waals surface area (Å²) in [6.45, 7) is 9.97. The number of nitrogens with one attached hydrogen (secondary N) is 3. The van der Waals surface area contributed by atoms with Crippen LogP contribution in [0, 0.1) is 0 Å². The predicted octanol–water partition coefficient (Wildman–Crippen LogP) is -0.507. The lowest BCUT2D eigenvalue weighted by molar-refractivity contribution is 0.0750. The van der Waals surface area contributed by atoms with Gasteiger partial charge >= 0.3 is 0 Å². The van der Waals surface area contributed by atoms with Gasteiger partial charge in [0, 0.05) is 31.3 Å². The minimum Gasteiger partial charge on any atom is -0.298 e. The Hall–Kier alpha value is -0.160. The maximum atomic E-state index is 3.54. The van der Waals surface area contributed by atoms with E-state index in [-0.39, 0.29) is 5.54 Å². The van der Waals surface area contributed by atoms with Crippen LogP contribution in [0.3, 0.4) is 0 Å². The second-order valence-electron chi connectivity index (χ2n) is 4.99. The molecule has 0 radical (unpaired) electrons. The van der Waals surface area contributed by atoms with Crippen LogP contribution in [0.5, 0.6) is 0 Å². The van der Waals surface area contributed by atoms with Gasteiger partial charge in [0.25, 0.3) is 0 Å². The van der Waals surface area contributed by atoms with Crippen LogP contribution in [0.1, 0.15) is 20.8 Å². The Morgan fingerprint density at radius 2 is 2.00 bits per heavy atom. The molecule has 76 valence electrons. The van der Waals surface area contributed by atoms with Gasteiger partial charge in [-0.15, -0.1) is 0 Å². The molecule has 3 N–H and O–H groups in total. The second-order valence-corrected chi connectivity index (χ2v) is 4.99. The summed E-state index contributed by atoms with van der Waals surface area (Å²) in [7, 11) is 0. The number of nitrogens with zero attached hydrogens (tertiary/aromatic N) is 1. The molecule has 0 aromatic heterocycles. The molecule has 4 nitrogen and oxygen atoms in total. The molecule has 0 aromatic rings. The Balaban J connectivity index is 1.97. The molecular weight excluding hydrogens is 164 g/mol. The molecule has 0 saturated carbocycles. The average Bonchev–Trinajstić information content (AvgIpc) is 2.47. The van der Waals surface area contributed by atoms with Crippen molar-refractivity contribution in [2.75, 3.05) is 19.8 Å². The van der Waals surface area contributed by atoms with E-state index in [9.17, 15) is 0 Å². The molecule has 0 amide bonds. The molecule has 0 spiro atoms. The summed E-state index contributed by atoms with van der Waals surface area (Å²) in [5.41, 5.74) is 6.77. The molecule has 2 unspecified atom stereocenters. The van der Waals surface area contributed by atoms with Crippen molar-refractivity contribution >= 4 is 0 Å². The zero-order chi connectivity index (χ0) is 9.47. The molecule has 2 heterocycles. The van der Waals surface area contributed by atoms with Gasteiger partial charge in [-0.1, -0.05) is 0 Å². The lowest BCUT2D eigenvalue weighted by Crippen LogP contribution is -2.62. The molecule has 0 aliphatic carbocycles. The van der Waals surface area contributed by atoms with Gasteiger partial charge < -0.3 is 0 Å². The molecular formula is C9H20N4. The van der Waals surface area contributed by atoms with Gasteiger partial charge in [-0.2, -0.15) is 0 Å². The van der Waals surface area contributed by atoms with E-state index in [2.05, 4.69) is 41.8 Å². The summed E-state index contributed by atoms with van der Waals surface area (Å²) in [4.78, 5) is 2.47. The molecule has 2 rings (SSSR count). The van der Waals surface area contributed by atoms with E-state index in [4.69, 9.17) is 0 Å². The van der Waals surface area contributed by atoms with Crippen LogP contribution in [-0.2, 0) is 0 Å². The summed E-state index contributed by atoms with van der Waals surface area (Å²) in [6, 6.07) is 1.17. The van der Waals surface area contributed by atoms with Gasteiger partial charge in [0.15, 0.2) is 0 Å². The van der Waals surface area contributed by atoms with Crippen molar-refractivity contribution in [2.24, 2.45) is 0 Å². The number of hydrogen-bond donors (Lipinski definition) is 3. The first-order valence-electron chi connectivity index (χ1n) is 5.04. The molecule has 0 aromatic carbocycles. The average molecular weight is 184 g/mol. The van der Waals surface area contributed by atoms with E-state index in [0.717, 1.165) is 19.8 Å². The summed E-state index contributed by atoms with van der Waals surface area (Å²) in [6.07, 6.45) is 0. The summed E-state index contributed by atoms with van der Waals surface area (Å²) in [5.74, 6) is 0. The van der Waals surface area contributed by atoms with E-state index in [1.54, 1.807) is 0 Å². The van der Waals surface area contributed by atoms with E-state index in [0.29, 0.717) is 12.1 Å². The van der Waals surface area contributed by atoms with Crippen LogP contribution in [0.25, 0.3) is 0 Å². The third-order valence-electron chi connectivity index (χ3n) is 3.01. The van der Waals surface area contributed by atoms with Gasteiger partial charge in [0.1, 0.15) is 0 Å². The van der Waals surface area contributed by atoms with E-state index < -0.39 is 0 Å². The highest BCUT2D eigenvalue weighted by Crippen LogP contribution is 2.17. The van der Waals surface area contributed by atoms with Gasteiger partial charge in [-0.25, -0.2) is 0 Å². The Kier molecular flexibility index (Phi) is 2.32. The van der Waals surface area contributed by atoms with Crippen LogP contribution in [0.2, 0.25) is 0 Å². The van der Waals surface area contributed by atoms with Crippen LogP contribution in [0.15, 0.2) is 0 Å². The molecule has 2 saturated heterocycles. The SMILES string of the molecule is CC(C)(C)N1CNC2CNNC2C1. The normalized spacial score (nSPS) is 36.2. The summed E-state index contributed by atoms with van der Waals surface area (Å²) in [5, 5.41) is 3.54. The maximum Gasteiger partial charge on any atom is 0.0507 e. The molecule has 2 fully saturated rings. The maximum absolute atomic E-state index is 3.54. The largest absolute Gasteiger partial charge is 0.298 e. The molecule has 0 bridgehead atoms. The van der Waals surface area contributed by atoms with E-state index in [1.807, 2.05) is 0 Å². The van der Waals surface area contributed by atoms with Crippen molar-refractivity contribution in [1.82, 2.24) is 21.1 Å². The van der Waals surface area contributed by atoms with Gasteiger partial charge in [0.05, 0.1) is 6.04 Å². The minimum absolute atomic E-state index is 0.266. The molecule has 2 aliphatic rings. The van der Waals surface area contributed by atoms with Crippen molar-refractivity contribution in [3.63, 3.8) is 0 Å². The minimum atomic E-state index is 0.266. The van der Waals surface area contributed by atoms with Crippen LogP contribution < -0.4 is 16.2 Å². The summed E-state index contributed by atoms with van der Waals surface area (Å²) >= 11 is 0. The number of fused-ring (bicyclic) bond motifs is 1. The van der Waals surface area contributed by atoms with E-state index in [1.165, 1.54) is 0 Å². The second kappa shape index (κ2) is 3.20. The van der Waals surface area contributed by atoms with Crippen molar-refractivity contribution < 1.29 is 0 Å². The van der Waals surface area contributed by atoms with Crippen molar-refractivity contribution in [1.29, 1.82) is 0 Å². The third kappa shape index (κ3) is 1.86. The fraction of sp³-hybridized carbons (Fsp3) is 1.00. The lowest BCUT2D eigenvalue weighted by Gasteiger charge is -2.42. The monoisotopic (exact) mass is 184 g/mol.